The number of aromatic nitrogens is 2. The van der Waals surface area contributed by atoms with Crippen molar-refractivity contribution in [2.75, 3.05) is 5.32 Å². The number of halogens is 3. The molecule has 0 saturated carbocycles. The summed E-state index contributed by atoms with van der Waals surface area (Å²) in [5, 5.41) is 3.66. The second kappa shape index (κ2) is 8.31. The van der Waals surface area contributed by atoms with Crippen LogP contribution in [0.4, 0.5) is 10.1 Å². The predicted molar refractivity (Wildman–Crippen MR) is 116 cm³/mol. The van der Waals surface area contributed by atoms with Crippen molar-refractivity contribution in [1.29, 1.82) is 0 Å². The first-order chi connectivity index (χ1) is 14.0. The molecule has 0 saturated heterocycles. The van der Waals surface area contributed by atoms with Crippen molar-refractivity contribution in [2.45, 2.75) is 13.2 Å². The normalized spacial score (nSPS) is 11.0. The Morgan fingerprint density at radius 2 is 1.83 bits per heavy atom. The molecule has 0 aliphatic carbocycles. The van der Waals surface area contributed by atoms with E-state index in [1.807, 2.05) is 36.4 Å². The molecule has 0 bridgehead atoms. The number of anilines is 1. The Balaban J connectivity index is 1.50. The molecular weight excluding hydrogens is 461 g/mol. The summed E-state index contributed by atoms with van der Waals surface area (Å²) in [6.07, 6.45) is 0. The van der Waals surface area contributed by atoms with E-state index < -0.39 is 0 Å². The van der Waals surface area contributed by atoms with Crippen LogP contribution in [-0.4, -0.2) is 9.97 Å². The van der Waals surface area contributed by atoms with E-state index in [0.717, 1.165) is 26.8 Å². The molecule has 0 aliphatic rings. The molecule has 0 spiro atoms. The highest BCUT2D eigenvalue weighted by atomic mass is 79.9. The van der Waals surface area contributed by atoms with Crippen molar-refractivity contribution >= 4 is 44.3 Å². The highest BCUT2D eigenvalue weighted by Crippen LogP contribution is 2.27. The third-order valence-electron chi connectivity index (χ3n) is 4.42. The van der Waals surface area contributed by atoms with Gasteiger partial charge in [-0.3, -0.25) is 0 Å². The van der Waals surface area contributed by atoms with Crippen LogP contribution in [0.5, 0.6) is 5.75 Å². The average molecular weight is 477 g/mol. The second-order valence-corrected chi connectivity index (χ2v) is 7.79. The van der Waals surface area contributed by atoms with Crippen LogP contribution in [0, 0.1) is 5.82 Å². The number of ether oxygens (including phenoxy) is 1. The van der Waals surface area contributed by atoms with Gasteiger partial charge in [-0.15, -0.1) is 0 Å². The lowest BCUT2D eigenvalue weighted by atomic mass is 10.2. The van der Waals surface area contributed by atoms with Gasteiger partial charge in [-0.2, -0.15) is 0 Å². The Morgan fingerprint density at radius 1 is 1.00 bits per heavy atom. The summed E-state index contributed by atoms with van der Waals surface area (Å²) in [4.78, 5) is 16.9. The molecular formula is C21H16BrClFN3O2. The lowest BCUT2D eigenvalue weighted by Crippen LogP contribution is -2.04. The molecule has 8 heteroatoms. The van der Waals surface area contributed by atoms with E-state index in [-0.39, 0.29) is 18.1 Å². The maximum Gasteiger partial charge on any atom is 0.323 e. The van der Waals surface area contributed by atoms with Gasteiger partial charge in [0.25, 0.3) is 0 Å². The molecule has 0 unspecified atom stereocenters. The maximum absolute atomic E-state index is 13.2. The van der Waals surface area contributed by atoms with Gasteiger partial charge in [-0.1, -0.05) is 33.6 Å². The topological polar surface area (TPSA) is 69.9 Å². The Morgan fingerprint density at radius 3 is 2.66 bits per heavy atom. The molecule has 148 valence electrons. The van der Waals surface area contributed by atoms with Gasteiger partial charge in [0.2, 0.25) is 0 Å². The molecule has 0 fully saturated rings. The molecule has 1 aromatic heterocycles. The number of hydrogen-bond acceptors (Lipinski definition) is 3. The summed E-state index contributed by atoms with van der Waals surface area (Å²) < 4.78 is 20.1. The van der Waals surface area contributed by atoms with E-state index in [0.29, 0.717) is 22.9 Å². The minimum atomic E-state index is -0.381. The quantitative estimate of drug-likeness (QED) is 0.339. The van der Waals surface area contributed by atoms with Crippen LogP contribution >= 0.6 is 27.5 Å². The maximum atomic E-state index is 13.2. The first-order valence-corrected chi connectivity index (χ1v) is 9.96. The highest BCUT2D eigenvalue weighted by molar-refractivity contribution is 9.10. The number of aromatic amines is 2. The molecule has 0 atom stereocenters. The summed E-state index contributed by atoms with van der Waals surface area (Å²) in [5.74, 6) is 0.310. The Kier molecular flexibility index (Phi) is 5.60. The zero-order valence-electron chi connectivity index (χ0n) is 15.1. The van der Waals surface area contributed by atoms with Gasteiger partial charge in [0.15, 0.2) is 0 Å². The van der Waals surface area contributed by atoms with Gasteiger partial charge >= 0.3 is 5.69 Å². The van der Waals surface area contributed by atoms with Crippen LogP contribution < -0.4 is 15.7 Å². The Hall–Kier alpha value is -2.77. The third-order valence-corrected chi connectivity index (χ3v) is 5.26. The SMILES string of the molecule is O=c1[nH]c2ccc(NCc3cc(Br)ccc3OCc3ccc(F)cc3Cl)cc2[nH]1. The molecule has 4 aromatic rings. The zero-order chi connectivity index (χ0) is 20.4. The molecule has 29 heavy (non-hydrogen) atoms. The van der Waals surface area contributed by atoms with E-state index in [4.69, 9.17) is 16.3 Å². The number of fused-ring (bicyclic) bond motifs is 1. The fraction of sp³-hybridized carbons (Fsp3) is 0.0952. The minimum absolute atomic E-state index is 0.226. The van der Waals surface area contributed by atoms with Crippen LogP contribution in [0.15, 0.2) is 63.9 Å². The largest absolute Gasteiger partial charge is 0.488 e. The number of imidazole rings is 1. The van der Waals surface area contributed by atoms with E-state index in [2.05, 4.69) is 31.2 Å². The zero-order valence-corrected chi connectivity index (χ0v) is 17.4. The van der Waals surface area contributed by atoms with Gasteiger partial charge in [-0.05, 0) is 48.5 Å². The number of rotatable bonds is 6. The standard InChI is InChI=1S/C21H16BrClFN3O2/c22-14-2-6-20(29-11-12-1-3-15(24)8-17(12)23)13(7-14)10-25-16-4-5-18-19(9-16)27-21(28)26-18/h1-9,25H,10-11H2,(H2,26,27,28). The smallest absolute Gasteiger partial charge is 0.323 e. The van der Waals surface area contributed by atoms with Crippen molar-refractivity contribution in [3.05, 3.63) is 91.5 Å². The number of H-pyrrole nitrogens is 2. The molecule has 0 aliphatic heterocycles. The minimum Gasteiger partial charge on any atom is -0.488 e. The summed E-state index contributed by atoms with van der Waals surface area (Å²) in [6, 6.07) is 15.6. The average Bonchev–Trinajstić information content (AvgIpc) is 3.06. The van der Waals surface area contributed by atoms with Gasteiger partial charge in [-0.25, -0.2) is 9.18 Å². The van der Waals surface area contributed by atoms with E-state index in [9.17, 15) is 9.18 Å². The summed E-state index contributed by atoms with van der Waals surface area (Å²) in [5.41, 5.74) is 3.75. The Labute approximate surface area is 179 Å². The van der Waals surface area contributed by atoms with Crippen LogP contribution in [0.2, 0.25) is 5.02 Å². The summed E-state index contributed by atoms with van der Waals surface area (Å²) in [7, 11) is 0. The Bertz CT molecular complexity index is 1240. The fourth-order valence-corrected chi connectivity index (χ4v) is 3.59. The fourth-order valence-electron chi connectivity index (χ4n) is 2.96. The number of hydrogen-bond donors (Lipinski definition) is 3. The molecule has 1 heterocycles. The monoisotopic (exact) mass is 475 g/mol. The third kappa shape index (κ3) is 4.63. The van der Waals surface area contributed by atoms with Crippen LogP contribution in [0.25, 0.3) is 11.0 Å². The van der Waals surface area contributed by atoms with E-state index >= 15 is 0 Å². The number of benzene rings is 3. The first kappa shape index (κ1) is 19.5. The molecule has 5 nitrogen and oxygen atoms in total. The molecule has 0 radical (unpaired) electrons. The van der Waals surface area contributed by atoms with Crippen molar-refractivity contribution in [2.24, 2.45) is 0 Å². The lowest BCUT2D eigenvalue weighted by molar-refractivity contribution is 0.303. The molecule has 3 aromatic carbocycles. The molecule has 3 N–H and O–H groups in total. The van der Waals surface area contributed by atoms with Gasteiger partial charge < -0.3 is 20.0 Å². The summed E-state index contributed by atoms with van der Waals surface area (Å²) >= 11 is 9.57. The second-order valence-electron chi connectivity index (χ2n) is 6.47. The van der Waals surface area contributed by atoms with Gasteiger partial charge in [0, 0.05) is 27.8 Å². The van der Waals surface area contributed by atoms with Crippen LogP contribution in [-0.2, 0) is 13.2 Å². The van der Waals surface area contributed by atoms with Crippen LogP contribution in [0.1, 0.15) is 11.1 Å². The first-order valence-electron chi connectivity index (χ1n) is 8.79. The lowest BCUT2D eigenvalue weighted by Gasteiger charge is -2.14. The molecule has 0 amide bonds. The van der Waals surface area contributed by atoms with Gasteiger partial charge in [0.05, 0.1) is 16.1 Å². The van der Waals surface area contributed by atoms with E-state index in [1.54, 1.807) is 6.07 Å². The summed E-state index contributed by atoms with van der Waals surface area (Å²) in [6.45, 7) is 0.733. The van der Waals surface area contributed by atoms with Gasteiger partial charge in [0.1, 0.15) is 18.2 Å². The van der Waals surface area contributed by atoms with Crippen LogP contribution in [0.3, 0.4) is 0 Å². The number of nitrogens with one attached hydrogen (secondary N) is 3. The van der Waals surface area contributed by atoms with E-state index in [1.165, 1.54) is 12.1 Å². The van der Waals surface area contributed by atoms with Crippen molar-refractivity contribution < 1.29 is 9.13 Å². The highest BCUT2D eigenvalue weighted by Gasteiger charge is 2.08. The predicted octanol–water partition coefficient (Wildman–Crippen LogP) is 5.60. The van der Waals surface area contributed by atoms with Crippen molar-refractivity contribution in [3.63, 3.8) is 0 Å². The molecule has 4 rings (SSSR count). The van der Waals surface area contributed by atoms with Crippen molar-refractivity contribution in [3.8, 4) is 5.75 Å². The van der Waals surface area contributed by atoms with Crippen molar-refractivity contribution in [1.82, 2.24) is 9.97 Å².